The summed E-state index contributed by atoms with van der Waals surface area (Å²) in [6, 6.07) is 10.3. The molecule has 19 heavy (non-hydrogen) atoms. The second kappa shape index (κ2) is 5.45. The van der Waals surface area contributed by atoms with Gasteiger partial charge in [0.05, 0.1) is 0 Å². The van der Waals surface area contributed by atoms with Crippen molar-refractivity contribution in [3.8, 4) is 0 Å². The van der Waals surface area contributed by atoms with Crippen molar-refractivity contribution in [3.05, 3.63) is 53.7 Å². The minimum atomic E-state index is -0.458. The third-order valence-electron chi connectivity index (χ3n) is 2.49. The van der Waals surface area contributed by atoms with Crippen LogP contribution in [0.15, 0.2) is 42.6 Å². The lowest BCUT2D eigenvalue weighted by atomic mass is 10.2. The Balaban J connectivity index is 2.19. The number of nitrogens with one attached hydrogen (secondary N) is 1. The number of aromatic nitrogens is 1. The Morgan fingerprint density at radius 2 is 1.79 bits per heavy atom. The minimum Gasteiger partial charge on any atom is -0.389 e. The number of nitrogens with two attached hydrogens (primary N) is 2. The Morgan fingerprint density at radius 1 is 1.11 bits per heavy atom. The van der Waals surface area contributed by atoms with Gasteiger partial charge in [-0.2, -0.15) is 0 Å². The fourth-order valence-electron chi connectivity index (χ4n) is 1.52. The van der Waals surface area contributed by atoms with Gasteiger partial charge in [0.15, 0.2) is 0 Å². The van der Waals surface area contributed by atoms with Crippen molar-refractivity contribution in [2.75, 3.05) is 5.32 Å². The average Bonchev–Trinajstić information content (AvgIpc) is 2.39. The van der Waals surface area contributed by atoms with E-state index in [9.17, 15) is 4.79 Å². The van der Waals surface area contributed by atoms with Crippen LogP contribution in [0.5, 0.6) is 0 Å². The first-order valence-electron chi connectivity index (χ1n) is 5.49. The van der Waals surface area contributed by atoms with Gasteiger partial charge >= 0.3 is 0 Å². The lowest BCUT2D eigenvalue weighted by molar-refractivity contribution is 0.100. The molecule has 5 nitrogen and oxygen atoms in total. The molecule has 1 aromatic carbocycles. The van der Waals surface area contributed by atoms with Crippen LogP contribution in [0, 0.1) is 0 Å². The molecule has 0 saturated carbocycles. The van der Waals surface area contributed by atoms with Gasteiger partial charge < -0.3 is 16.8 Å². The maximum atomic E-state index is 11.0. The van der Waals surface area contributed by atoms with E-state index in [0.29, 0.717) is 16.4 Å². The molecule has 0 bridgehead atoms. The molecule has 1 aromatic heterocycles. The van der Waals surface area contributed by atoms with Crippen LogP contribution >= 0.6 is 12.2 Å². The molecule has 0 saturated heterocycles. The third kappa shape index (κ3) is 3.26. The monoisotopic (exact) mass is 272 g/mol. The number of thiocarbonyl (C=S) groups is 1. The highest BCUT2D eigenvalue weighted by Crippen LogP contribution is 2.16. The summed E-state index contributed by atoms with van der Waals surface area (Å²) in [6.45, 7) is 0. The maximum Gasteiger partial charge on any atom is 0.248 e. The Hall–Kier alpha value is -2.47. The Bertz CT molecular complexity index is 625. The molecule has 0 aliphatic carbocycles. The SMILES string of the molecule is NC(=O)c1ccc(Nc2cc(C(N)=S)ccn2)cc1. The van der Waals surface area contributed by atoms with Gasteiger partial charge in [0, 0.05) is 23.0 Å². The molecule has 1 heterocycles. The van der Waals surface area contributed by atoms with Crippen molar-refractivity contribution in [3.63, 3.8) is 0 Å². The molecule has 6 heteroatoms. The number of carbonyl (C=O) groups is 1. The summed E-state index contributed by atoms with van der Waals surface area (Å²) in [4.78, 5) is 15.4. The number of hydrogen-bond donors (Lipinski definition) is 3. The number of nitrogens with zero attached hydrogens (tertiary/aromatic N) is 1. The van der Waals surface area contributed by atoms with Crippen LogP contribution in [0.2, 0.25) is 0 Å². The first-order chi connectivity index (χ1) is 9.06. The zero-order chi connectivity index (χ0) is 13.8. The summed E-state index contributed by atoms with van der Waals surface area (Å²) in [5.41, 5.74) is 12.7. The Kier molecular flexibility index (Phi) is 3.72. The normalized spacial score (nSPS) is 9.89. The molecule has 0 aliphatic heterocycles. The van der Waals surface area contributed by atoms with E-state index in [1.165, 1.54) is 0 Å². The van der Waals surface area contributed by atoms with Crippen LogP contribution in [0.4, 0.5) is 11.5 Å². The summed E-state index contributed by atoms with van der Waals surface area (Å²) in [7, 11) is 0. The van der Waals surface area contributed by atoms with Gasteiger partial charge in [-0.1, -0.05) is 12.2 Å². The number of carbonyl (C=O) groups excluding carboxylic acids is 1. The standard InChI is InChI=1S/C13H12N4OS/c14-12(18)8-1-3-10(4-2-8)17-11-7-9(13(15)19)5-6-16-11/h1-7H,(H2,14,18)(H2,15,19)(H,16,17). The molecule has 96 valence electrons. The van der Waals surface area contributed by atoms with E-state index in [4.69, 9.17) is 23.7 Å². The van der Waals surface area contributed by atoms with Crippen molar-refractivity contribution < 1.29 is 4.79 Å². The number of benzene rings is 1. The second-order valence-corrected chi connectivity index (χ2v) is 4.30. The lowest BCUT2D eigenvalue weighted by Gasteiger charge is -2.07. The molecule has 5 N–H and O–H groups in total. The van der Waals surface area contributed by atoms with Gasteiger partial charge in [0.2, 0.25) is 5.91 Å². The molecular formula is C13H12N4OS. The molecule has 0 aliphatic rings. The quantitative estimate of drug-likeness (QED) is 0.734. The highest BCUT2D eigenvalue weighted by Gasteiger charge is 2.02. The lowest BCUT2D eigenvalue weighted by Crippen LogP contribution is -2.11. The number of hydrogen-bond acceptors (Lipinski definition) is 4. The first kappa shape index (κ1) is 13.0. The van der Waals surface area contributed by atoms with E-state index in [1.54, 1.807) is 42.6 Å². The van der Waals surface area contributed by atoms with Gasteiger partial charge in [-0.25, -0.2) is 4.98 Å². The largest absolute Gasteiger partial charge is 0.389 e. The van der Waals surface area contributed by atoms with Crippen molar-refractivity contribution in [2.45, 2.75) is 0 Å². The zero-order valence-corrected chi connectivity index (χ0v) is 10.8. The van der Waals surface area contributed by atoms with Gasteiger partial charge in [-0.15, -0.1) is 0 Å². The van der Waals surface area contributed by atoms with E-state index in [-0.39, 0.29) is 0 Å². The predicted molar refractivity (Wildman–Crippen MR) is 78.4 cm³/mol. The number of anilines is 2. The van der Waals surface area contributed by atoms with Crippen LogP contribution < -0.4 is 16.8 Å². The Morgan fingerprint density at radius 3 is 2.37 bits per heavy atom. The third-order valence-corrected chi connectivity index (χ3v) is 2.72. The summed E-state index contributed by atoms with van der Waals surface area (Å²) >= 11 is 4.90. The van der Waals surface area contributed by atoms with E-state index in [1.807, 2.05) is 0 Å². The molecule has 2 rings (SSSR count). The highest BCUT2D eigenvalue weighted by atomic mass is 32.1. The number of rotatable bonds is 4. The van der Waals surface area contributed by atoms with Crippen LogP contribution in [0.3, 0.4) is 0 Å². The maximum absolute atomic E-state index is 11.0. The molecular weight excluding hydrogens is 260 g/mol. The van der Waals surface area contributed by atoms with Gasteiger partial charge in [0.1, 0.15) is 10.8 Å². The van der Waals surface area contributed by atoms with Crippen molar-refractivity contribution in [1.29, 1.82) is 0 Å². The van der Waals surface area contributed by atoms with Crippen LogP contribution in [0.25, 0.3) is 0 Å². The molecule has 0 atom stereocenters. The summed E-state index contributed by atoms with van der Waals surface area (Å²) in [5, 5.41) is 3.09. The molecule has 0 unspecified atom stereocenters. The van der Waals surface area contributed by atoms with Crippen LogP contribution in [-0.2, 0) is 0 Å². The second-order valence-electron chi connectivity index (χ2n) is 3.86. The Labute approximate surface area is 115 Å². The van der Waals surface area contributed by atoms with Crippen molar-refractivity contribution in [1.82, 2.24) is 4.98 Å². The fourth-order valence-corrected chi connectivity index (χ4v) is 1.64. The van der Waals surface area contributed by atoms with E-state index in [0.717, 1.165) is 11.3 Å². The molecule has 2 aromatic rings. The van der Waals surface area contributed by atoms with Crippen molar-refractivity contribution in [2.24, 2.45) is 11.5 Å². The minimum absolute atomic E-state index is 0.314. The summed E-state index contributed by atoms with van der Waals surface area (Å²) in [6.07, 6.45) is 1.62. The topological polar surface area (TPSA) is 94.0 Å². The summed E-state index contributed by atoms with van der Waals surface area (Å²) in [5.74, 6) is 0.164. The van der Waals surface area contributed by atoms with Gasteiger partial charge in [-0.3, -0.25) is 4.79 Å². The first-order valence-corrected chi connectivity index (χ1v) is 5.90. The average molecular weight is 272 g/mol. The summed E-state index contributed by atoms with van der Waals surface area (Å²) < 4.78 is 0. The highest BCUT2D eigenvalue weighted by molar-refractivity contribution is 7.80. The van der Waals surface area contributed by atoms with Crippen molar-refractivity contribution >= 4 is 34.6 Å². The molecule has 0 spiro atoms. The molecule has 0 fully saturated rings. The fraction of sp³-hybridized carbons (Fsp3) is 0. The van der Waals surface area contributed by atoms with E-state index < -0.39 is 5.91 Å². The predicted octanol–water partition coefficient (Wildman–Crippen LogP) is 1.56. The number of pyridine rings is 1. The molecule has 0 radical (unpaired) electrons. The van der Waals surface area contributed by atoms with E-state index in [2.05, 4.69) is 10.3 Å². The smallest absolute Gasteiger partial charge is 0.248 e. The number of amides is 1. The van der Waals surface area contributed by atoms with Gasteiger partial charge in [-0.05, 0) is 36.4 Å². The van der Waals surface area contributed by atoms with Gasteiger partial charge in [0.25, 0.3) is 0 Å². The van der Waals surface area contributed by atoms with Crippen LogP contribution in [0.1, 0.15) is 15.9 Å². The number of primary amides is 1. The van der Waals surface area contributed by atoms with Crippen LogP contribution in [-0.4, -0.2) is 15.9 Å². The molecule has 1 amide bonds. The van der Waals surface area contributed by atoms with E-state index >= 15 is 0 Å². The zero-order valence-electron chi connectivity index (χ0n) is 9.96.